The van der Waals surface area contributed by atoms with E-state index in [1.54, 1.807) is 6.26 Å². The fourth-order valence-electron chi connectivity index (χ4n) is 1.37. The highest BCUT2D eigenvalue weighted by Gasteiger charge is 2.08. The van der Waals surface area contributed by atoms with Crippen LogP contribution in [-0.4, -0.2) is 10.8 Å². The summed E-state index contributed by atoms with van der Waals surface area (Å²) in [6.45, 7) is 0. The molecule has 1 unspecified atom stereocenters. The zero-order chi connectivity index (χ0) is 9.26. The van der Waals surface area contributed by atoms with Gasteiger partial charge in [0.2, 0.25) is 0 Å². The van der Waals surface area contributed by atoms with Gasteiger partial charge in [-0.25, -0.2) is 0 Å². The van der Waals surface area contributed by atoms with E-state index < -0.39 is 11.2 Å². The summed E-state index contributed by atoms with van der Waals surface area (Å²) in [5.41, 5.74) is 0. The van der Waals surface area contributed by atoms with Gasteiger partial charge >= 0.3 is 0 Å². The van der Waals surface area contributed by atoms with Crippen LogP contribution in [0.3, 0.4) is 0 Å². The molecular formula is C11H9OS. The number of fused-ring (bicyclic) bond motifs is 1. The van der Waals surface area contributed by atoms with E-state index in [4.69, 9.17) is 0 Å². The van der Waals surface area contributed by atoms with Crippen molar-refractivity contribution in [3.63, 3.8) is 0 Å². The maximum absolute atomic E-state index is 11.3. The van der Waals surface area contributed by atoms with Crippen LogP contribution in [0.25, 0.3) is 10.8 Å². The van der Waals surface area contributed by atoms with E-state index in [2.05, 4.69) is 6.07 Å². The minimum absolute atomic E-state index is 0.790. The Balaban J connectivity index is 2.76. The Hall–Kier alpha value is -0.990. The number of rotatable bonds is 1. The molecule has 0 aromatic heterocycles. The standard InChI is InChI=1S/C11H9OS/c1-13(12)11-8-4-6-9-5-2-3-7-10(9)11/h2-7H,1H3. The lowest BCUT2D eigenvalue weighted by Gasteiger charge is -2.06. The Kier molecular flexibility index (Phi) is 2.25. The molecule has 2 rings (SSSR count). The second kappa shape index (κ2) is 3.40. The summed E-state index contributed by atoms with van der Waals surface area (Å²) < 4.78 is 11.3. The molecule has 1 radical (unpaired) electrons. The van der Waals surface area contributed by atoms with Gasteiger partial charge < -0.3 is 4.55 Å². The van der Waals surface area contributed by atoms with Crippen LogP contribution in [0.2, 0.25) is 0 Å². The number of hydrogen-bond donors (Lipinski definition) is 0. The molecule has 0 bridgehead atoms. The molecule has 0 heterocycles. The topological polar surface area (TPSA) is 23.1 Å². The zero-order valence-electron chi connectivity index (χ0n) is 7.28. The molecule has 0 saturated carbocycles. The fraction of sp³-hybridized carbons (Fsp3) is 0.0909. The molecule has 2 heteroatoms. The van der Waals surface area contributed by atoms with Crippen molar-refractivity contribution in [3.05, 3.63) is 42.5 Å². The molecule has 0 aliphatic carbocycles. The van der Waals surface area contributed by atoms with Crippen LogP contribution in [0, 0.1) is 6.07 Å². The van der Waals surface area contributed by atoms with E-state index in [9.17, 15) is 4.55 Å². The Morgan fingerprint density at radius 1 is 1.23 bits per heavy atom. The Morgan fingerprint density at radius 2 is 2.00 bits per heavy atom. The van der Waals surface area contributed by atoms with Crippen molar-refractivity contribution < 1.29 is 4.55 Å². The molecule has 2 aromatic carbocycles. The third-order valence-corrected chi connectivity index (χ3v) is 2.88. The van der Waals surface area contributed by atoms with Gasteiger partial charge in [-0.2, -0.15) is 0 Å². The molecule has 2 aromatic rings. The zero-order valence-corrected chi connectivity index (χ0v) is 8.10. The van der Waals surface area contributed by atoms with Crippen molar-refractivity contribution in [1.29, 1.82) is 0 Å². The molecule has 1 nitrogen and oxygen atoms in total. The van der Waals surface area contributed by atoms with Crippen LogP contribution >= 0.6 is 0 Å². The van der Waals surface area contributed by atoms with Gasteiger partial charge in [-0.15, -0.1) is 0 Å². The molecule has 0 aliphatic rings. The monoisotopic (exact) mass is 189 g/mol. The molecule has 1 atom stereocenters. The van der Waals surface area contributed by atoms with E-state index in [0.29, 0.717) is 0 Å². The van der Waals surface area contributed by atoms with Crippen LogP contribution in [0.1, 0.15) is 0 Å². The first-order valence-corrected chi connectivity index (χ1v) is 5.58. The second-order valence-corrected chi connectivity index (χ2v) is 4.16. The third-order valence-electron chi connectivity index (χ3n) is 1.97. The first kappa shape index (κ1) is 8.60. The van der Waals surface area contributed by atoms with Crippen molar-refractivity contribution in [2.45, 2.75) is 4.90 Å². The quantitative estimate of drug-likeness (QED) is 0.632. The van der Waals surface area contributed by atoms with Gasteiger partial charge in [0, 0.05) is 11.5 Å². The summed E-state index contributed by atoms with van der Waals surface area (Å²) in [5, 5.41) is 2.15. The van der Waals surface area contributed by atoms with Gasteiger partial charge in [-0.05, 0) is 28.7 Å². The smallest absolute Gasteiger partial charge is 0.168 e. The molecule has 0 N–H and O–H groups in total. The molecule has 0 aliphatic heterocycles. The predicted octanol–water partition coefficient (Wildman–Crippen LogP) is 2.38. The summed E-state index contributed by atoms with van der Waals surface area (Å²) in [5.74, 6) is 0. The van der Waals surface area contributed by atoms with E-state index in [-0.39, 0.29) is 0 Å². The molecule has 65 valence electrons. The first-order valence-electron chi connectivity index (χ1n) is 4.02. The van der Waals surface area contributed by atoms with Gasteiger partial charge in [-0.1, -0.05) is 24.3 Å². The highest BCUT2D eigenvalue weighted by Crippen LogP contribution is 2.21. The SMILES string of the molecule is C[S+]([O-])c1[c]ccc2ccccc12. The van der Waals surface area contributed by atoms with Crippen LogP contribution in [0.4, 0.5) is 0 Å². The highest BCUT2D eigenvalue weighted by molar-refractivity contribution is 7.91. The predicted molar refractivity (Wildman–Crippen MR) is 55.1 cm³/mol. The summed E-state index contributed by atoms with van der Waals surface area (Å²) in [4.78, 5) is 0.790. The minimum Gasteiger partial charge on any atom is -0.612 e. The molecule has 0 fully saturated rings. The molecule has 0 amide bonds. The van der Waals surface area contributed by atoms with Crippen molar-refractivity contribution >= 4 is 21.9 Å². The summed E-state index contributed by atoms with van der Waals surface area (Å²) in [7, 11) is 0. The Bertz CT molecular complexity index is 418. The molecule has 0 spiro atoms. The van der Waals surface area contributed by atoms with Crippen LogP contribution in [-0.2, 0) is 11.2 Å². The summed E-state index contributed by atoms with van der Waals surface area (Å²) in [6.07, 6.45) is 1.68. The lowest BCUT2D eigenvalue weighted by molar-refractivity contribution is 0.601. The lowest BCUT2D eigenvalue weighted by Crippen LogP contribution is -1.97. The van der Waals surface area contributed by atoms with Gasteiger partial charge in [0.05, 0.1) is 0 Å². The van der Waals surface area contributed by atoms with E-state index in [1.165, 1.54) is 0 Å². The summed E-state index contributed by atoms with van der Waals surface area (Å²) >= 11 is -0.959. The van der Waals surface area contributed by atoms with E-state index in [1.807, 2.05) is 36.4 Å². The normalized spacial score (nSPS) is 13.1. The van der Waals surface area contributed by atoms with Crippen molar-refractivity contribution in [2.24, 2.45) is 0 Å². The largest absolute Gasteiger partial charge is 0.612 e. The summed E-state index contributed by atoms with van der Waals surface area (Å²) in [6, 6.07) is 14.7. The van der Waals surface area contributed by atoms with Crippen molar-refractivity contribution in [3.8, 4) is 0 Å². The maximum atomic E-state index is 11.3. The second-order valence-electron chi connectivity index (χ2n) is 2.85. The Labute approximate surface area is 80.6 Å². The maximum Gasteiger partial charge on any atom is 0.168 e. The van der Waals surface area contributed by atoms with Gasteiger partial charge in [-0.3, -0.25) is 0 Å². The van der Waals surface area contributed by atoms with E-state index >= 15 is 0 Å². The molecule has 0 saturated heterocycles. The van der Waals surface area contributed by atoms with Crippen molar-refractivity contribution in [2.75, 3.05) is 6.26 Å². The number of benzene rings is 2. The van der Waals surface area contributed by atoms with Crippen molar-refractivity contribution in [1.82, 2.24) is 0 Å². The van der Waals surface area contributed by atoms with Gasteiger partial charge in [0.25, 0.3) is 0 Å². The minimum atomic E-state index is -0.959. The lowest BCUT2D eigenvalue weighted by atomic mass is 10.1. The average molecular weight is 189 g/mol. The molecule has 13 heavy (non-hydrogen) atoms. The van der Waals surface area contributed by atoms with E-state index in [0.717, 1.165) is 15.7 Å². The van der Waals surface area contributed by atoms with Gasteiger partial charge in [0.15, 0.2) is 4.90 Å². The van der Waals surface area contributed by atoms with Gasteiger partial charge in [0.1, 0.15) is 6.26 Å². The Morgan fingerprint density at radius 3 is 2.77 bits per heavy atom. The van der Waals surface area contributed by atoms with Crippen LogP contribution < -0.4 is 0 Å². The first-order chi connectivity index (χ1) is 6.29. The number of hydrogen-bond acceptors (Lipinski definition) is 1. The highest BCUT2D eigenvalue weighted by atomic mass is 32.2. The van der Waals surface area contributed by atoms with Crippen LogP contribution in [0.5, 0.6) is 0 Å². The fourth-order valence-corrected chi connectivity index (χ4v) is 2.10. The molecular weight excluding hydrogens is 180 g/mol. The third kappa shape index (κ3) is 1.55. The average Bonchev–Trinajstić information content (AvgIpc) is 2.17. The van der Waals surface area contributed by atoms with Crippen LogP contribution in [0.15, 0.2) is 41.3 Å².